The molecule has 0 radical (unpaired) electrons. The van der Waals surface area contributed by atoms with Crippen molar-refractivity contribution in [2.75, 3.05) is 0 Å². The lowest BCUT2D eigenvalue weighted by Gasteiger charge is -2.10. The van der Waals surface area contributed by atoms with Gasteiger partial charge in [0.2, 0.25) is 0 Å². The molecule has 2 aromatic rings. The standard InChI is InChI=1S/C15H19N3/c1-4-5-6-11(2)15-17-13-8-7-12(10-16)9-14(13)18(15)3/h7-9,11H,4-6H2,1-3H3. The highest BCUT2D eigenvalue weighted by atomic mass is 15.1. The first kappa shape index (κ1) is 12.6. The Balaban J connectivity index is 2.41. The van der Waals surface area contributed by atoms with Gasteiger partial charge in [0.1, 0.15) is 5.82 Å². The van der Waals surface area contributed by atoms with Crippen LogP contribution in [0.2, 0.25) is 0 Å². The first-order valence-corrected chi connectivity index (χ1v) is 6.53. The van der Waals surface area contributed by atoms with Crippen LogP contribution < -0.4 is 0 Å². The average Bonchev–Trinajstić information content (AvgIpc) is 2.73. The maximum atomic E-state index is 8.94. The highest BCUT2D eigenvalue weighted by Crippen LogP contribution is 2.25. The quantitative estimate of drug-likeness (QED) is 0.818. The minimum atomic E-state index is 0.466. The molecule has 0 N–H and O–H groups in total. The lowest BCUT2D eigenvalue weighted by molar-refractivity contribution is 0.580. The molecule has 0 aliphatic carbocycles. The molecule has 0 fully saturated rings. The van der Waals surface area contributed by atoms with Crippen molar-refractivity contribution in [3.05, 3.63) is 29.6 Å². The Bertz CT molecular complexity index is 590. The number of hydrogen-bond acceptors (Lipinski definition) is 2. The molecule has 0 bridgehead atoms. The van der Waals surface area contributed by atoms with Gasteiger partial charge >= 0.3 is 0 Å². The first-order valence-electron chi connectivity index (χ1n) is 6.53. The van der Waals surface area contributed by atoms with Gasteiger partial charge in [0.15, 0.2) is 0 Å². The van der Waals surface area contributed by atoms with Gasteiger partial charge in [-0.25, -0.2) is 4.98 Å². The molecule has 1 aromatic carbocycles. The summed E-state index contributed by atoms with van der Waals surface area (Å²) < 4.78 is 2.12. The van der Waals surface area contributed by atoms with E-state index in [9.17, 15) is 0 Å². The summed E-state index contributed by atoms with van der Waals surface area (Å²) in [4.78, 5) is 4.69. The van der Waals surface area contributed by atoms with Gasteiger partial charge in [-0.3, -0.25) is 0 Å². The van der Waals surface area contributed by atoms with Crippen LogP contribution >= 0.6 is 0 Å². The zero-order chi connectivity index (χ0) is 13.1. The van der Waals surface area contributed by atoms with Gasteiger partial charge in [-0.2, -0.15) is 5.26 Å². The predicted molar refractivity (Wildman–Crippen MR) is 73.4 cm³/mol. The molecule has 3 heteroatoms. The fraction of sp³-hybridized carbons (Fsp3) is 0.467. The highest BCUT2D eigenvalue weighted by molar-refractivity contribution is 5.77. The Morgan fingerprint density at radius 1 is 1.44 bits per heavy atom. The van der Waals surface area contributed by atoms with E-state index in [0.29, 0.717) is 11.5 Å². The van der Waals surface area contributed by atoms with Gasteiger partial charge in [0, 0.05) is 13.0 Å². The van der Waals surface area contributed by atoms with Crippen LogP contribution in [0.4, 0.5) is 0 Å². The molecule has 2 rings (SSSR count). The zero-order valence-electron chi connectivity index (χ0n) is 11.3. The van der Waals surface area contributed by atoms with E-state index in [2.05, 4.69) is 24.5 Å². The van der Waals surface area contributed by atoms with Crippen LogP contribution in [0.25, 0.3) is 11.0 Å². The van der Waals surface area contributed by atoms with Gasteiger partial charge in [-0.15, -0.1) is 0 Å². The van der Waals surface area contributed by atoms with Crippen LogP contribution in [0.1, 0.15) is 50.4 Å². The number of nitrogens with zero attached hydrogens (tertiary/aromatic N) is 3. The molecular weight excluding hydrogens is 222 g/mol. The van der Waals surface area contributed by atoms with Crippen LogP contribution in [-0.4, -0.2) is 9.55 Å². The Kier molecular flexibility index (Phi) is 3.66. The van der Waals surface area contributed by atoms with E-state index in [0.717, 1.165) is 16.9 Å². The summed E-state index contributed by atoms with van der Waals surface area (Å²) in [6.45, 7) is 4.43. The molecule has 1 heterocycles. The van der Waals surface area contributed by atoms with Crippen LogP contribution in [0.3, 0.4) is 0 Å². The molecule has 0 aliphatic rings. The molecule has 0 amide bonds. The lowest BCUT2D eigenvalue weighted by atomic mass is 10.0. The number of imidazole rings is 1. The maximum absolute atomic E-state index is 8.94. The molecule has 3 nitrogen and oxygen atoms in total. The molecule has 1 aromatic heterocycles. The SMILES string of the molecule is CCCCC(C)c1nc2ccc(C#N)cc2n1C. The third kappa shape index (κ3) is 2.24. The number of benzene rings is 1. The first-order chi connectivity index (χ1) is 8.67. The molecule has 1 unspecified atom stereocenters. The largest absolute Gasteiger partial charge is 0.331 e. The van der Waals surface area contributed by atoms with Crippen molar-refractivity contribution in [1.29, 1.82) is 5.26 Å². The lowest BCUT2D eigenvalue weighted by Crippen LogP contribution is -2.03. The Hall–Kier alpha value is -1.82. The highest BCUT2D eigenvalue weighted by Gasteiger charge is 2.14. The number of hydrogen-bond donors (Lipinski definition) is 0. The fourth-order valence-electron chi connectivity index (χ4n) is 2.36. The zero-order valence-corrected chi connectivity index (χ0v) is 11.3. The van der Waals surface area contributed by atoms with Gasteiger partial charge in [-0.1, -0.05) is 26.7 Å². The summed E-state index contributed by atoms with van der Waals surface area (Å²) in [6, 6.07) is 7.86. The minimum Gasteiger partial charge on any atom is -0.331 e. The number of unbranched alkanes of at least 4 members (excludes halogenated alkanes) is 1. The number of aromatic nitrogens is 2. The van der Waals surface area contributed by atoms with Crippen LogP contribution in [0, 0.1) is 11.3 Å². The predicted octanol–water partition coefficient (Wildman–Crippen LogP) is 3.74. The number of fused-ring (bicyclic) bond motifs is 1. The molecule has 94 valence electrons. The molecule has 18 heavy (non-hydrogen) atoms. The summed E-state index contributed by atoms with van der Waals surface area (Å²) in [5.74, 6) is 1.58. The van der Waals surface area contributed by atoms with Crippen molar-refractivity contribution >= 4 is 11.0 Å². The Morgan fingerprint density at radius 3 is 2.89 bits per heavy atom. The van der Waals surface area contributed by atoms with E-state index in [1.54, 1.807) is 0 Å². The Labute approximate surface area is 108 Å². The second-order valence-electron chi connectivity index (χ2n) is 4.89. The van der Waals surface area contributed by atoms with E-state index in [4.69, 9.17) is 10.2 Å². The van der Waals surface area contributed by atoms with Crippen molar-refractivity contribution in [2.24, 2.45) is 7.05 Å². The minimum absolute atomic E-state index is 0.466. The van der Waals surface area contributed by atoms with Crippen LogP contribution in [-0.2, 0) is 7.05 Å². The van der Waals surface area contributed by atoms with Gasteiger partial charge in [0.25, 0.3) is 0 Å². The van der Waals surface area contributed by atoms with Crippen molar-refractivity contribution in [3.63, 3.8) is 0 Å². The van der Waals surface area contributed by atoms with Crippen molar-refractivity contribution in [1.82, 2.24) is 9.55 Å². The third-order valence-electron chi connectivity index (χ3n) is 3.48. The van der Waals surface area contributed by atoms with Crippen molar-refractivity contribution in [2.45, 2.75) is 39.0 Å². The van der Waals surface area contributed by atoms with E-state index >= 15 is 0 Å². The smallest absolute Gasteiger partial charge is 0.112 e. The fourth-order valence-corrected chi connectivity index (χ4v) is 2.36. The Morgan fingerprint density at radius 2 is 2.22 bits per heavy atom. The van der Waals surface area contributed by atoms with Gasteiger partial charge in [0.05, 0.1) is 22.7 Å². The monoisotopic (exact) mass is 241 g/mol. The summed E-state index contributed by atoms with van der Waals surface area (Å²) in [6.07, 6.45) is 3.61. The van der Waals surface area contributed by atoms with Crippen molar-refractivity contribution in [3.8, 4) is 6.07 Å². The average molecular weight is 241 g/mol. The number of rotatable bonds is 4. The second kappa shape index (κ2) is 5.22. The van der Waals surface area contributed by atoms with E-state index in [1.807, 2.05) is 25.2 Å². The topological polar surface area (TPSA) is 41.6 Å². The second-order valence-corrected chi connectivity index (χ2v) is 4.89. The van der Waals surface area contributed by atoms with Crippen LogP contribution in [0.5, 0.6) is 0 Å². The molecule has 0 spiro atoms. The van der Waals surface area contributed by atoms with E-state index < -0.39 is 0 Å². The van der Waals surface area contributed by atoms with Crippen LogP contribution in [0.15, 0.2) is 18.2 Å². The van der Waals surface area contributed by atoms with E-state index in [-0.39, 0.29) is 0 Å². The molecule has 1 atom stereocenters. The van der Waals surface area contributed by atoms with Gasteiger partial charge in [-0.05, 0) is 24.6 Å². The van der Waals surface area contributed by atoms with Crippen molar-refractivity contribution < 1.29 is 0 Å². The number of aryl methyl sites for hydroxylation is 1. The summed E-state index contributed by atoms with van der Waals surface area (Å²) in [5, 5.41) is 8.94. The molecular formula is C15H19N3. The summed E-state index contributed by atoms with van der Waals surface area (Å²) in [7, 11) is 2.04. The summed E-state index contributed by atoms with van der Waals surface area (Å²) >= 11 is 0. The van der Waals surface area contributed by atoms with E-state index in [1.165, 1.54) is 19.3 Å². The third-order valence-corrected chi connectivity index (χ3v) is 3.48. The molecule has 0 saturated carbocycles. The molecule has 0 saturated heterocycles. The maximum Gasteiger partial charge on any atom is 0.112 e. The number of nitriles is 1. The summed E-state index contributed by atoms with van der Waals surface area (Å²) in [5.41, 5.74) is 2.72. The van der Waals surface area contributed by atoms with Gasteiger partial charge < -0.3 is 4.57 Å². The molecule has 0 aliphatic heterocycles. The normalized spacial score (nSPS) is 12.6.